The van der Waals surface area contributed by atoms with Crippen LogP contribution < -0.4 is 16.4 Å². The van der Waals surface area contributed by atoms with Crippen LogP contribution in [0.25, 0.3) is 11.0 Å². The second-order valence-electron chi connectivity index (χ2n) is 4.68. The Morgan fingerprint density at radius 2 is 2.16 bits per heavy atom. The first-order valence-electron chi connectivity index (χ1n) is 6.28. The molecule has 3 rings (SSSR count). The van der Waals surface area contributed by atoms with E-state index < -0.39 is 0 Å². The summed E-state index contributed by atoms with van der Waals surface area (Å²) in [5.74, 6) is 0.0694. The van der Waals surface area contributed by atoms with E-state index in [1.54, 1.807) is 12.1 Å². The lowest BCUT2D eigenvalue weighted by Gasteiger charge is -2.07. The van der Waals surface area contributed by atoms with Gasteiger partial charge in [0.1, 0.15) is 0 Å². The summed E-state index contributed by atoms with van der Waals surface area (Å²) >= 11 is 0. The second-order valence-corrected chi connectivity index (χ2v) is 4.68. The minimum Gasteiger partial charge on any atom is -0.397 e. The van der Waals surface area contributed by atoms with Crippen molar-refractivity contribution in [3.8, 4) is 0 Å². The molecule has 0 unspecified atom stereocenters. The van der Waals surface area contributed by atoms with Gasteiger partial charge in [0.15, 0.2) is 11.0 Å². The summed E-state index contributed by atoms with van der Waals surface area (Å²) in [6.07, 6.45) is 2.62. The van der Waals surface area contributed by atoms with Gasteiger partial charge in [0.2, 0.25) is 5.91 Å². The van der Waals surface area contributed by atoms with Crippen molar-refractivity contribution in [1.82, 2.24) is 15.6 Å². The number of benzene rings is 1. The molecule has 1 aliphatic rings. The van der Waals surface area contributed by atoms with Gasteiger partial charge >= 0.3 is 0 Å². The Bertz CT molecular complexity index is 605. The van der Waals surface area contributed by atoms with Crippen LogP contribution in [0.3, 0.4) is 0 Å². The zero-order valence-corrected chi connectivity index (χ0v) is 10.3. The van der Waals surface area contributed by atoms with E-state index in [-0.39, 0.29) is 5.91 Å². The van der Waals surface area contributed by atoms with Crippen molar-refractivity contribution in [3.05, 3.63) is 12.1 Å². The Balaban J connectivity index is 1.60. The van der Waals surface area contributed by atoms with Crippen molar-refractivity contribution in [2.24, 2.45) is 0 Å². The molecule has 2 aromatic rings. The predicted molar refractivity (Wildman–Crippen MR) is 70.5 cm³/mol. The highest BCUT2D eigenvalue weighted by molar-refractivity contribution is 5.95. The molecular formula is C12H15N5O2. The number of carbonyl (C=O) groups is 1. The number of hydrogen-bond acceptors (Lipinski definition) is 6. The first-order chi connectivity index (χ1) is 9.24. The average molecular weight is 261 g/mol. The van der Waals surface area contributed by atoms with Crippen LogP contribution in [0.15, 0.2) is 16.8 Å². The number of nitrogens with one attached hydrogen (secondary N) is 2. The van der Waals surface area contributed by atoms with Crippen LogP contribution in [0.2, 0.25) is 0 Å². The quantitative estimate of drug-likeness (QED) is 0.690. The number of nitrogens with two attached hydrogens (primary N) is 1. The van der Waals surface area contributed by atoms with E-state index in [1.165, 1.54) is 0 Å². The lowest BCUT2D eigenvalue weighted by Crippen LogP contribution is -2.27. The van der Waals surface area contributed by atoms with E-state index in [4.69, 9.17) is 5.73 Å². The number of rotatable bonds is 5. The first-order valence-corrected chi connectivity index (χ1v) is 6.28. The van der Waals surface area contributed by atoms with Crippen molar-refractivity contribution in [3.63, 3.8) is 0 Å². The number of aromatic nitrogens is 2. The maximum Gasteiger partial charge on any atom is 0.221 e. The summed E-state index contributed by atoms with van der Waals surface area (Å²) in [6, 6.07) is 3.94. The highest BCUT2D eigenvalue weighted by atomic mass is 16.6. The molecule has 0 saturated heterocycles. The Morgan fingerprint density at radius 1 is 1.37 bits per heavy atom. The molecule has 1 fully saturated rings. The number of anilines is 2. The average Bonchev–Trinajstić information content (AvgIpc) is 3.05. The smallest absolute Gasteiger partial charge is 0.221 e. The number of nitrogen functional groups attached to an aromatic ring is 1. The molecule has 1 heterocycles. The largest absolute Gasteiger partial charge is 0.397 e. The molecule has 7 nitrogen and oxygen atoms in total. The van der Waals surface area contributed by atoms with Crippen LogP contribution in [-0.2, 0) is 4.79 Å². The van der Waals surface area contributed by atoms with Gasteiger partial charge in [0.05, 0.1) is 11.4 Å². The van der Waals surface area contributed by atoms with E-state index in [0.717, 1.165) is 18.5 Å². The minimum absolute atomic E-state index is 0.0694. The number of fused-ring (bicyclic) bond motifs is 1. The van der Waals surface area contributed by atoms with Crippen LogP contribution in [0.1, 0.15) is 19.3 Å². The fraction of sp³-hybridized carbons (Fsp3) is 0.417. The van der Waals surface area contributed by atoms with Crippen LogP contribution in [0.5, 0.6) is 0 Å². The van der Waals surface area contributed by atoms with Gasteiger partial charge in [-0.2, -0.15) is 0 Å². The van der Waals surface area contributed by atoms with E-state index in [2.05, 4.69) is 25.6 Å². The zero-order valence-electron chi connectivity index (χ0n) is 10.3. The van der Waals surface area contributed by atoms with E-state index in [0.29, 0.717) is 35.7 Å². The SMILES string of the molecule is Nc1ccc(NCCC(=O)NC2CC2)c2nonc12. The van der Waals surface area contributed by atoms with Gasteiger partial charge in [-0.1, -0.05) is 0 Å². The molecule has 1 aromatic carbocycles. The second kappa shape index (κ2) is 4.75. The van der Waals surface area contributed by atoms with Gasteiger partial charge in [-0.05, 0) is 35.3 Å². The van der Waals surface area contributed by atoms with E-state index >= 15 is 0 Å². The Kier molecular flexibility index (Phi) is 2.94. The van der Waals surface area contributed by atoms with E-state index in [1.807, 2.05) is 0 Å². The highest BCUT2D eigenvalue weighted by Gasteiger charge is 2.22. The van der Waals surface area contributed by atoms with Crippen LogP contribution >= 0.6 is 0 Å². The van der Waals surface area contributed by atoms with Gasteiger partial charge in [-0.15, -0.1) is 0 Å². The molecule has 0 radical (unpaired) electrons. The van der Waals surface area contributed by atoms with Crippen molar-refractivity contribution >= 4 is 28.3 Å². The third-order valence-corrected chi connectivity index (χ3v) is 3.06. The number of nitrogens with zero attached hydrogens (tertiary/aromatic N) is 2. The summed E-state index contributed by atoms with van der Waals surface area (Å²) in [7, 11) is 0. The van der Waals surface area contributed by atoms with Gasteiger partial charge in [0.25, 0.3) is 0 Å². The fourth-order valence-electron chi connectivity index (χ4n) is 1.87. The van der Waals surface area contributed by atoms with Gasteiger partial charge in [-0.25, -0.2) is 4.63 Å². The normalized spacial score (nSPS) is 14.5. The molecule has 1 saturated carbocycles. The number of hydrogen-bond donors (Lipinski definition) is 3. The minimum atomic E-state index is 0.0694. The maximum absolute atomic E-state index is 11.5. The van der Waals surface area contributed by atoms with Crippen molar-refractivity contribution in [2.75, 3.05) is 17.6 Å². The van der Waals surface area contributed by atoms with Gasteiger partial charge in [-0.3, -0.25) is 4.79 Å². The standard InChI is InChI=1S/C12H15N5O2/c13-8-3-4-9(12-11(8)16-19-17-12)14-6-5-10(18)15-7-1-2-7/h3-4,7,14H,1-2,5-6,13H2,(H,15,18). The lowest BCUT2D eigenvalue weighted by atomic mass is 10.2. The summed E-state index contributed by atoms with van der Waals surface area (Å²) in [5, 5.41) is 13.6. The third kappa shape index (κ3) is 2.59. The van der Waals surface area contributed by atoms with Crippen molar-refractivity contribution < 1.29 is 9.42 Å². The molecule has 1 aromatic heterocycles. The molecule has 1 aliphatic carbocycles. The molecule has 0 bridgehead atoms. The summed E-state index contributed by atoms with van der Waals surface area (Å²) < 4.78 is 4.68. The third-order valence-electron chi connectivity index (χ3n) is 3.06. The lowest BCUT2D eigenvalue weighted by molar-refractivity contribution is -0.120. The number of carbonyl (C=O) groups excluding carboxylic acids is 1. The zero-order chi connectivity index (χ0) is 13.2. The highest BCUT2D eigenvalue weighted by Crippen LogP contribution is 2.25. The molecule has 4 N–H and O–H groups in total. The fourth-order valence-corrected chi connectivity index (χ4v) is 1.87. The van der Waals surface area contributed by atoms with Crippen molar-refractivity contribution in [2.45, 2.75) is 25.3 Å². The predicted octanol–water partition coefficient (Wildman–Crippen LogP) is 0.886. The van der Waals surface area contributed by atoms with Gasteiger partial charge in [0, 0.05) is 19.0 Å². The summed E-state index contributed by atoms with van der Waals surface area (Å²) in [6.45, 7) is 0.532. The van der Waals surface area contributed by atoms with Gasteiger partial charge < -0.3 is 16.4 Å². The molecule has 7 heteroatoms. The Labute approximate surface area is 109 Å². The molecule has 0 spiro atoms. The Hall–Kier alpha value is -2.31. The van der Waals surface area contributed by atoms with E-state index in [9.17, 15) is 4.79 Å². The molecular weight excluding hydrogens is 246 g/mol. The topological polar surface area (TPSA) is 106 Å². The summed E-state index contributed by atoms with van der Waals surface area (Å²) in [4.78, 5) is 11.5. The molecule has 0 aliphatic heterocycles. The van der Waals surface area contributed by atoms with Crippen LogP contribution in [-0.4, -0.2) is 28.8 Å². The monoisotopic (exact) mass is 261 g/mol. The van der Waals surface area contributed by atoms with Crippen LogP contribution in [0.4, 0.5) is 11.4 Å². The number of amides is 1. The summed E-state index contributed by atoms with van der Waals surface area (Å²) in [5.41, 5.74) is 8.16. The Morgan fingerprint density at radius 3 is 2.95 bits per heavy atom. The van der Waals surface area contributed by atoms with Crippen LogP contribution in [0, 0.1) is 0 Å². The van der Waals surface area contributed by atoms with Crippen molar-refractivity contribution in [1.29, 1.82) is 0 Å². The molecule has 19 heavy (non-hydrogen) atoms. The maximum atomic E-state index is 11.5. The first kappa shape index (κ1) is 11.8. The molecule has 0 atom stereocenters. The molecule has 1 amide bonds. The molecule has 100 valence electrons.